The van der Waals surface area contributed by atoms with Gasteiger partial charge in [0, 0.05) is 12.5 Å². The van der Waals surface area contributed by atoms with Crippen molar-refractivity contribution < 1.29 is 0 Å². The van der Waals surface area contributed by atoms with Gasteiger partial charge in [-0.05, 0) is 64.2 Å². The van der Waals surface area contributed by atoms with Gasteiger partial charge >= 0.3 is 0 Å². The van der Waals surface area contributed by atoms with Crippen molar-refractivity contribution in [2.45, 2.75) is 44.6 Å². The number of piperidine rings is 1. The van der Waals surface area contributed by atoms with Crippen LogP contribution in [0.15, 0.2) is 0 Å². The fourth-order valence-electron chi connectivity index (χ4n) is 3.10. The quantitative estimate of drug-likeness (QED) is 0.575. The largest absolute Gasteiger partial charge is 0.314 e. The Morgan fingerprint density at radius 1 is 1.25 bits per heavy atom. The van der Waals surface area contributed by atoms with E-state index in [1.165, 1.54) is 58.3 Å². The Kier molecular flexibility index (Phi) is 4.69. The third kappa shape index (κ3) is 3.23. The monoisotopic (exact) mass is 220 g/mol. The van der Waals surface area contributed by atoms with Crippen molar-refractivity contribution in [3.8, 4) is 12.3 Å². The molecule has 1 unspecified atom stereocenters. The second-order valence-electron chi connectivity index (χ2n) is 5.19. The smallest absolute Gasteiger partial charge is 0.00982 e. The van der Waals surface area contributed by atoms with Crippen molar-refractivity contribution in [1.82, 2.24) is 10.2 Å². The van der Waals surface area contributed by atoms with Gasteiger partial charge in [-0.25, -0.2) is 0 Å². The summed E-state index contributed by atoms with van der Waals surface area (Å²) < 4.78 is 0. The molecular weight excluding hydrogens is 196 g/mol. The van der Waals surface area contributed by atoms with Crippen LogP contribution in [-0.2, 0) is 0 Å². The summed E-state index contributed by atoms with van der Waals surface area (Å²) >= 11 is 0. The molecular formula is C14H24N2. The average molecular weight is 220 g/mol. The molecule has 1 atom stereocenters. The molecule has 1 N–H and O–H groups in total. The Balaban J connectivity index is 1.64. The lowest BCUT2D eigenvalue weighted by Gasteiger charge is -2.34. The molecule has 0 radical (unpaired) electrons. The molecule has 0 spiro atoms. The summed E-state index contributed by atoms with van der Waals surface area (Å²) in [6.45, 7) is 5.02. The summed E-state index contributed by atoms with van der Waals surface area (Å²) in [4.78, 5) is 2.59. The van der Waals surface area contributed by atoms with Crippen LogP contribution in [0.2, 0.25) is 0 Å². The van der Waals surface area contributed by atoms with Gasteiger partial charge in [0.2, 0.25) is 0 Å². The Morgan fingerprint density at radius 2 is 2.06 bits per heavy atom. The molecule has 0 saturated carbocycles. The van der Waals surface area contributed by atoms with Gasteiger partial charge in [-0.3, -0.25) is 0 Å². The number of hydrogen-bond donors (Lipinski definition) is 1. The summed E-state index contributed by atoms with van der Waals surface area (Å²) in [6.07, 6.45) is 12.9. The molecule has 16 heavy (non-hydrogen) atoms. The van der Waals surface area contributed by atoms with Crippen molar-refractivity contribution in [2.24, 2.45) is 5.92 Å². The molecule has 2 saturated heterocycles. The van der Waals surface area contributed by atoms with Crippen molar-refractivity contribution in [2.75, 3.05) is 26.2 Å². The number of rotatable bonds is 4. The maximum Gasteiger partial charge on any atom is 0.00982 e. The predicted octanol–water partition coefficient (Wildman–Crippen LogP) is 1.86. The van der Waals surface area contributed by atoms with E-state index >= 15 is 0 Å². The maximum atomic E-state index is 5.27. The zero-order valence-electron chi connectivity index (χ0n) is 10.3. The first-order valence-electron chi connectivity index (χ1n) is 6.79. The van der Waals surface area contributed by atoms with E-state index in [0.29, 0.717) is 0 Å². The molecule has 0 aromatic carbocycles. The van der Waals surface area contributed by atoms with Gasteiger partial charge in [-0.15, -0.1) is 12.3 Å². The number of unbranched alkanes of at least 4 members (excludes halogenated alkanes) is 1. The molecule has 0 aromatic rings. The molecule has 2 aliphatic rings. The standard InChI is InChI=1S/C14H24N2/c1-2-3-4-10-16-11-7-13(8-12-16)14-6-5-9-15-14/h1,13-15H,3-12H2. The fourth-order valence-corrected chi connectivity index (χ4v) is 3.10. The Morgan fingerprint density at radius 3 is 2.69 bits per heavy atom. The summed E-state index contributed by atoms with van der Waals surface area (Å²) in [5.41, 5.74) is 0. The molecule has 0 aromatic heterocycles. The molecule has 2 heteroatoms. The minimum atomic E-state index is 0.827. The summed E-state index contributed by atoms with van der Waals surface area (Å²) in [5, 5.41) is 3.65. The van der Waals surface area contributed by atoms with Crippen molar-refractivity contribution >= 4 is 0 Å². The van der Waals surface area contributed by atoms with Gasteiger partial charge in [0.1, 0.15) is 0 Å². The van der Waals surface area contributed by atoms with Crippen molar-refractivity contribution in [1.29, 1.82) is 0 Å². The van der Waals surface area contributed by atoms with Crippen molar-refractivity contribution in [3.63, 3.8) is 0 Å². The van der Waals surface area contributed by atoms with E-state index in [0.717, 1.165) is 18.4 Å². The minimum Gasteiger partial charge on any atom is -0.314 e. The molecule has 90 valence electrons. The lowest BCUT2D eigenvalue weighted by molar-refractivity contribution is 0.163. The maximum absolute atomic E-state index is 5.27. The van der Waals surface area contributed by atoms with E-state index < -0.39 is 0 Å². The third-order valence-corrected chi connectivity index (χ3v) is 4.10. The van der Waals surface area contributed by atoms with Crippen LogP contribution in [0, 0.1) is 18.3 Å². The van der Waals surface area contributed by atoms with Crippen LogP contribution in [0.1, 0.15) is 38.5 Å². The molecule has 2 rings (SSSR count). The second-order valence-corrected chi connectivity index (χ2v) is 5.19. The molecule has 2 heterocycles. The number of terminal acetylenes is 1. The van der Waals surface area contributed by atoms with Crippen LogP contribution in [0.3, 0.4) is 0 Å². The van der Waals surface area contributed by atoms with Crippen LogP contribution in [0.5, 0.6) is 0 Å². The summed E-state index contributed by atoms with van der Waals surface area (Å²) in [6, 6.07) is 0.827. The summed E-state index contributed by atoms with van der Waals surface area (Å²) in [7, 11) is 0. The first-order chi connectivity index (χ1) is 7.90. The van der Waals surface area contributed by atoms with Gasteiger partial charge in [-0.2, -0.15) is 0 Å². The van der Waals surface area contributed by atoms with Crippen LogP contribution >= 0.6 is 0 Å². The lowest BCUT2D eigenvalue weighted by atomic mass is 9.88. The van der Waals surface area contributed by atoms with E-state index in [9.17, 15) is 0 Å². The lowest BCUT2D eigenvalue weighted by Crippen LogP contribution is -2.41. The molecule has 2 fully saturated rings. The SMILES string of the molecule is C#CCCCN1CCC(C2CCCN2)CC1. The number of hydrogen-bond acceptors (Lipinski definition) is 2. The van der Waals surface area contributed by atoms with Gasteiger partial charge in [0.15, 0.2) is 0 Å². The van der Waals surface area contributed by atoms with E-state index in [4.69, 9.17) is 6.42 Å². The molecule has 0 aliphatic carbocycles. The number of nitrogens with one attached hydrogen (secondary N) is 1. The van der Waals surface area contributed by atoms with E-state index in [-0.39, 0.29) is 0 Å². The second kappa shape index (κ2) is 6.27. The third-order valence-electron chi connectivity index (χ3n) is 4.10. The Bertz CT molecular complexity index is 230. The predicted molar refractivity (Wildman–Crippen MR) is 68.3 cm³/mol. The van der Waals surface area contributed by atoms with Gasteiger partial charge in [-0.1, -0.05) is 0 Å². The minimum absolute atomic E-state index is 0.827. The summed E-state index contributed by atoms with van der Waals surface area (Å²) in [5.74, 6) is 3.66. The molecule has 2 aliphatic heterocycles. The fraction of sp³-hybridized carbons (Fsp3) is 0.857. The van der Waals surface area contributed by atoms with Gasteiger partial charge < -0.3 is 10.2 Å². The molecule has 0 amide bonds. The van der Waals surface area contributed by atoms with Gasteiger partial charge in [0.05, 0.1) is 0 Å². The highest BCUT2D eigenvalue weighted by Crippen LogP contribution is 2.25. The van der Waals surface area contributed by atoms with Crippen LogP contribution in [0.25, 0.3) is 0 Å². The Labute approximate surface area is 99.8 Å². The number of nitrogens with zero attached hydrogens (tertiary/aromatic N) is 1. The topological polar surface area (TPSA) is 15.3 Å². The van der Waals surface area contributed by atoms with Crippen LogP contribution in [-0.4, -0.2) is 37.1 Å². The van der Waals surface area contributed by atoms with E-state index in [2.05, 4.69) is 16.1 Å². The first kappa shape index (κ1) is 12.0. The highest BCUT2D eigenvalue weighted by molar-refractivity contribution is 4.86. The van der Waals surface area contributed by atoms with Gasteiger partial charge in [0.25, 0.3) is 0 Å². The normalized spacial score (nSPS) is 28.1. The van der Waals surface area contributed by atoms with Crippen molar-refractivity contribution in [3.05, 3.63) is 0 Å². The molecule has 2 nitrogen and oxygen atoms in total. The van der Waals surface area contributed by atoms with E-state index in [1.807, 2.05) is 0 Å². The number of likely N-dealkylation sites (tertiary alicyclic amines) is 1. The van der Waals surface area contributed by atoms with Crippen LogP contribution < -0.4 is 5.32 Å². The van der Waals surface area contributed by atoms with E-state index in [1.54, 1.807) is 0 Å². The molecule has 0 bridgehead atoms. The average Bonchev–Trinajstić information content (AvgIpc) is 2.84. The zero-order chi connectivity index (χ0) is 11.2. The first-order valence-corrected chi connectivity index (χ1v) is 6.79. The highest BCUT2D eigenvalue weighted by Gasteiger charge is 2.27. The van der Waals surface area contributed by atoms with Crippen LogP contribution in [0.4, 0.5) is 0 Å². The Hall–Kier alpha value is -0.520. The zero-order valence-corrected chi connectivity index (χ0v) is 10.3. The highest BCUT2D eigenvalue weighted by atomic mass is 15.1.